The van der Waals surface area contributed by atoms with E-state index >= 15 is 0 Å². The molecule has 0 spiro atoms. The van der Waals surface area contributed by atoms with Crippen LogP contribution in [-0.4, -0.2) is 50.4 Å². The van der Waals surface area contributed by atoms with Gasteiger partial charge in [0.1, 0.15) is 5.52 Å². The zero-order valence-corrected chi connectivity index (χ0v) is 18.4. The van der Waals surface area contributed by atoms with E-state index in [9.17, 15) is 9.59 Å². The molecule has 1 aliphatic rings. The first-order chi connectivity index (χ1) is 15.5. The molecule has 1 atom stereocenters. The first-order valence-electron chi connectivity index (χ1n) is 11.1. The molecular weight excluding hydrogens is 402 g/mol. The lowest BCUT2D eigenvalue weighted by Gasteiger charge is -2.41. The number of carbonyl (C=O) groups excluding carboxylic acids is 1. The highest BCUT2D eigenvalue weighted by Crippen LogP contribution is 2.22. The molecule has 1 aromatic carbocycles. The van der Waals surface area contributed by atoms with Gasteiger partial charge in [-0.2, -0.15) is 0 Å². The minimum Gasteiger partial charge on any atom is -0.365 e. The first kappa shape index (κ1) is 20.3. The number of anilines is 1. The normalized spacial score (nSPS) is 16.8. The molecule has 4 heterocycles. The Morgan fingerprint density at radius 2 is 1.94 bits per heavy atom. The Balaban J connectivity index is 1.32. The van der Waals surface area contributed by atoms with Crippen LogP contribution in [0.5, 0.6) is 0 Å². The van der Waals surface area contributed by atoms with Crippen LogP contribution in [0.4, 0.5) is 5.69 Å². The number of rotatable bonds is 4. The van der Waals surface area contributed by atoms with Crippen LogP contribution in [0.3, 0.4) is 0 Å². The van der Waals surface area contributed by atoms with Crippen molar-refractivity contribution in [1.82, 2.24) is 18.9 Å². The number of hydrogen-bond donors (Lipinski definition) is 0. The summed E-state index contributed by atoms with van der Waals surface area (Å²) >= 11 is 0. The summed E-state index contributed by atoms with van der Waals surface area (Å²) in [6.45, 7) is 6.74. The fourth-order valence-corrected chi connectivity index (χ4v) is 4.73. The van der Waals surface area contributed by atoms with Crippen LogP contribution >= 0.6 is 0 Å². The molecule has 0 unspecified atom stereocenters. The number of aromatic nitrogens is 3. The van der Waals surface area contributed by atoms with Crippen molar-refractivity contribution in [2.45, 2.75) is 32.9 Å². The molecule has 1 aliphatic heterocycles. The van der Waals surface area contributed by atoms with Crippen molar-refractivity contribution in [3.8, 4) is 0 Å². The number of piperazine rings is 1. The monoisotopic (exact) mass is 429 g/mol. The highest BCUT2D eigenvalue weighted by Gasteiger charge is 2.27. The maximum absolute atomic E-state index is 13.0. The van der Waals surface area contributed by atoms with Crippen LogP contribution in [0.1, 0.15) is 18.9 Å². The third-order valence-corrected chi connectivity index (χ3v) is 6.36. The van der Waals surface area contributed by atoms with Gasteiger partial charge in [-0.05, 0) is 55.8 Å². The Bertz CT molecular complexity index is 1360. The number of amides is 1. The molecule has 0 aliphatic carbocycles. The molecule has 1 fully saturated rings. The summed E-state index contributed by atoms with van der Waals surface area (Å²) in [6.07, 6.45) is 3.83. The lowest BCUT2D eigenvalue weighted by molar-refractivity contribution is -0.132. The van der Waals surface area contributed by atoms with Gasteiger partial charge in [-0.3, -0.25) is 14.2 Å². The van der Waals surface area contributed by atoms with Crippen molar-refractivity contribution >= 4 is 28.3 Å². The van der Waals surface area contributed by atoms with Gasteiger partial charge in [0.15, 0.2) is 5.65 Å². The maximum atomic E-state index is 13.0. The van der Waals surface area contributed by atoms with Crippen LogP contribution in [0, 0.1) is 6.92 Å². The fourth-order valence-electron chi connectivity index (χ4n) is 4.73. The third-order valence-electron chi connectivity index (χ3n) is 6.36. The number of nitrogens with zero attached hydrogens (tertiary/aromatic N) is 5. The molecule has 1 amide bonds. The third kappa shape index (κ3) is 3.53. The second kappa shape index (κ2) is 8.15. The van der Waals surface area contributed by atoms with Gasteiger partial charge >= 0.3 is 0 Å². The largest absolute Gasteiger partial charge is 0.365 e. The van der Waals surface area contributed by atoms with Gasteiger partial charge in [-0.15, -0.1) is 0 Å². The zero-order valence-electron chi connectivity index (χ0n) is 18.4. The minimum atomic E-state index is -0.119. The summed E-state index contributed by atoms with van der Waals surface area (Å²) in [4.78, 5) is 34.8. The minimum absolute atomic E-state index is 0.0759. The van der Waals surface area contributed by atoms with Crippen LogP contribution in [0.25, 0.3) is 16.7 Å². The SMILES string of the molecule is Cc1cccc(N2CCN(C(=O)CCn3c(=O)c4cccn4c4cccnc43)C[C@@H]2C)c1. The van der Waals surface area contributed by atoms with Gasteiger partial charge in [0.05, 0.1) is 5.52 Å². The van der Waals surface area contributed by atoms with E-state index in [0.717, 1.165) is 12.1 Å². The summed E-state index contributed by atoms with van der Waals surface area (Å²) < 4.78 is 3.49. The van der Waals surface area contributed by atoms with Crippen LogP contribution in [-0.2, 0) is 11.3 Å². The van der Waals surface area contributed by atoms with Gasteiger partial charge < -0.3 is 14.2 Å². The quantitative estimate of drug-likeness (QED) is 0.500. The van der Waals surface area contributed by atoms with E-state index in [1.165, 1.54) is 11.3 Å². The second-order valence-corrected chi connectivity index (χ2v) is 8.54. The molecule has 164 valence electrons. The smallest absolute Gasteiger partial charge is 0.276 e. The maximum Gasteiger partial charge on any atom is 0.276 e. The zero-order chi connectivity index (χ0) is 22.2. The van der Waals surface area contributed by atoms with Crippen LogP contribution in [0.2, 0.25) is 0 Å². The highest BCUT2D eigenvalue weighted by molar-refractivity contribution is 5.78. The Hall–Kier alpha value is -3.61. The molecule has 3 aromatic heterocycles. The number of carbonyl (C=O) groups is 1. The molecule has 0 radical (unpaired) electrons. The Morgan fingerprint density at radius 1 is 1.09 bits per heavy atom. The molecule has 0 saturated carbocycles. The predicted octanol–water partition coefficient (Wildman–Crippen LogP) is 3.09. The van der Waals surface area contributed by atoms with Crippen molar-refractivity contribution in [3.05, 3.63) is 76.8 Å². The Morgan fingerprint density at radius 3 is 2.75 bits per heavy atom. The van der Waals surface area contributed by atoms with Crippen molar-refractivity contribution < 1.29 is 4.79 Å². The van der Waals surface area contributed by atoms with E-state index in [4.69, 9.17) is 0 Å². The van der Waals surface area contributed by atoms with E-state index in [-0.39, 0.29) is 23.9 Å². The van der Waals surface area contributed by atoms with Crippen molar-refractivity contribution in [1.29, 1.82) is 0 Å². The number of aryl methyl sites for hydroxylation is 2. The molecule has 4 aromatic rings. The molecule has 0 bridgehead atoms. The van der Waals surface area contributed by atoms with E-state index < -0.39 is 0 Å². The molecule has 32 heavy (non-hydrogen) atoms. The lowest BCUT2D eigenvalue weighted by atomic mass is 10.1. The summed E-state index contributed by atoms with van der Waals surface area (Å²) in [5.74, 6) is 0.0759. The van der Waals surface area contributed by atoms with Crippen molar-refractivity contribution in [2.75, 3.05) is 24.5 Å². The molecule has 5 rings (SSSR count). The van der Waals surface area contributed by atoms with Gasteiger partial charge in [0.25, 0.3) is 5.56 Å². The summed E-state index contributed by atoms with van der Waals surface area (Å²) in [7, 11) is 0. The fraction of sp³-hybridized carbons (Fsp3) is 0.320. The Kier molecular flexibility index (Phi) is 5.17. The van der Waals surface area contributed by atoms with Crippen molar-refractivity contribution in [3.63, 3.8) is 0 Å². The number of benzene rings is 1. The van der Waals surface area contributed by atoms with Crippen LogP contribution < -0.4 is 10.5 Å². The molecule has 7 heteroatoms. The van der Waals surface area contributed by atoms with Gasteiger partial charge in [-0.1, -0.05) is 12.1 Å². The summed E-state index contributed by atoms with van der Waals surface area (Å²) in [5.41, 5.74) is 4.38. The number of fused-ring (bicyclic) bond motifs is 3. The average molecular weight is 430 g/mol. The number of hydrogen-bond acceptors (Lipinski definition) is 4. The highest BCUT2D eigenvalue weighted by atomic mass is 16.2. The topological polar surface area (TPSA) is 62.8 Å². The van der Waals surface area contributed by atoms with Gasteiger partial charge in [0.2, 0.25) is 5.91 Å². The molecule has 0 N–H and O–H groups in total. The molecule has 7 nitrogen and oxygen atoms in total. The molecule has 1 saturated heterocycles. The standard InChI is InChI=1S/C25H27N5O2/c1-18-6-3-7-20(16-18)28-15-14-27(17-19(28)2)23(31)10-13-30-24-21(8-4-11-26-24)29-12-5-9-22(29)25(30)32/h3-9,11-12,16,19H,10,13-15,17H2,1-2H3/t19-/m0/s1. The Labute approximate surface area is 186 Å². The van der Waals surface area contributed by atoms with E-state index in [1.54, 1.807) is 16.8 Å². The van der Waals surface area contributed by atoms with E-state index in [0.29, 0.717) is 30.8 Å². The van der Waals surface area contributed by atoms with Crippen LogP contribution in [0.15, 0.2) is 65.7 Å². The van der Waals surface area contributed by atoms with E-state index in [1.807, 2.05) is 33.7 Å². The van der Waals surface area contributed by atoms with Gasteiger partial charge in [0, 0.05) is 56.7 Å². The number of pyridine rings is 1. The second-order valence-electron chi connectivity index (χ2n) is 8.54. The summed E-state index contributed by atoms with van der Waals surface area (Å²) in [5, 5.41) is 0. The first-order valence-corrected chi connectivity index (χ1v) is 11.1. The van der Waals surface area contributed by atoms with Crippen molar-refractivity contribution in [2.24, 2.45) is 0 Å². The van der Waals surface area contributed by atoms with Gasteiger partial charge in [-0.25, -0.2) is 4.98 Å². The lowest BCUT2D eigenvalue weighted by Crippen LogP contribution is -2.54. The van der Waals surface area contributed by atoms with E-state index in [2.05, 4.69) is 48.0 Å². The summed E-state index contributed by atoms with van der Waals surface area (Å²) in [6, 6.07) is 16.2. The predicted molar refractivity (Wildman–Crippen MR) is 126 cm³/mol. The molecular formula is C25H27N5O2. The average Bonchev–Trinajstić information content (AvgIpc) is 3.29.